The molecule has 0 saturated heterocycles. The molecule has 0 amide bonds. The van der Waals surface area contributed by atoms with E-state index in [0.717, 1.165) is 0 Å². The third-order valence-corrected chi connectivity index (χ3v) is 4.10. The summed E-state index contributed by atoms with van der Waals surface area (Å²) < 4.78 is 5.04. The number of nitro groups is 1. The fourth-order valence-electron chi connectivity index (χ4n) is 1.53. The highest BCUT2D eigenvalue weighted by molar-refractivity contribution is 7.16. The molecule has 0 aromatic carbocycles. The third kappa shape index (κ3) is 3.18. The predicted molar refractivity (Wildman–Crippen MR) is 71.3 cm³/mol. The highest BCUT2D eigenvalue weighted by atomic mass is 32.1. The van der Waals surface area contributed by atoms with Crippen LogP contribution in [0, 0.1) is 10.1 Å². The van der Waals surface area contributed by atoms with Crippen molar-refractivity contribution in [3.05, 3.63) is 21.1 Å². The first-order valence-electron chi connectivity index (χ1n) is 5.56. The fraction of sp³-hybridized carbons (Fsp3) is 0.636. The lowest BCUT2D eigenvalue weighted by Crippen LogP contribution is -2.32. The number of aliphatic hydroxyl groups excluding tert-OH is 1. The largest absolute Gasteiger partial charge is 0.388 e. The number of nitrogens with zero attached hydrogens (tertiary/aromatic N) is 2. The summed E-state index contributed by atoms with van der Waals surface area (Å²) in [5.41, 5.74) is 0.0290. The number of ether oxygens (including phenoxy) is 1. The van der Waals surface area contributed by atoms with E-state index in [9.17, 15) is 15.2 Å². The molecule has 0 aliphatic heterocycles. The first-order valence-corrected chi connectivity index (χ1v) is 6.38. The van der Waals surface area contributed by atoms with Gasteiger partial charge < -0.3 is 14.7 Å². The topological polar surface area (TPSA) is 75.8 Å². The van der Waals surface area contributed by atoms with Gasteiger partial charge in [-0.2, -0.15) is 0 Å². The van der Waals surface area contributed by atoms with Gasteiger partial charge in [0.05, 0.1) is 23.7 Å². The second kappa shape index (κ2) is 6.12. The standard InChI is InChI=1S/C11H18N2O4S/c1-7(6-17-4)12(3)11-9(13(15)16)5-10(18-11)8(2)14/h5,7-8,14H,6H2,1-4H3. The zero-order chi connectivity index (χ0) is 13.9. The van der Waals surface area contributed by atoms with Crippen LogP contribution in [-0.4, -0.2) is 36.8 Å². The van der Waals surface area contributed by atoms with Gasteiger partial charge in [-0.05, 0) is 13.8 Å². The van der Waals surface area contributed by atoms with Crippen LogP contribution in [0.1, 0.15) is 24.8 Å². The molecule has 1 N–H and O–H groups in total. The van der Waals surface area contributed by atoms with E-state index >= 15 is 0 Å². The van der Waals surface area contributed by atoms with Gasteiger partial charge in [-0.3, -0.25) is 10.1 Å². The Labute approximate surface area is 110 Å². The Bertz CT molecular complexity index is 419. The van der Waals surface area contributed by atoms with E-state index in [4.69, 9.17) is 4.74 Å². The van der Waals surface area contributed by atoms with Crippen molar-refractivity contribution >= 4 is 22.0 Å². The Hall–Kier alpha value is -1.18. The second-order valence-corrected chi connectivity index (χ2v) is 5.25. The summed E-state index contributed by atoms with van der Waals surface area (Å²) in [6, 6.07) is 1.45. The molecule has 0 aliphatic carbocycles. The molecule has 0 spiro atoms. The average Bonchev–Trinajstić information content (AvgIpc) is 2.73. The van der Waals surface area contributed by atoms with Gasteiger partial charge in [0.2, 0.25) is 0 Å². The lowest BCUT2D eigenvalue weighted by atomic mass is 10.3. The predicted octanol–water partition coefficient (Wildman–Crippen LogP) is 2.18. The Morgan fingerprint density at radius 1 is 1.61 bits per heavy atom. The van der Waals surface area contributed by atoms with Crippen LogP contribution < -0.4 is 4.90 Å². The van der Waals surface area contributed by atoms with E-state index in [1.807, 2.05) is 6.92 Å². The SMILES string of the molecule is COCC(C)N(C)c1sc(C(C)O)cc1[N+](=O)[O-]. The number of thiophene rings is 1. The molecule has 2 unspecified atom stereocenters. The fourth-order valence-corrected chi connectivity index (χ4v) is 2.66. The second-order valence-electron chi connectivity index (χ2n) is 4.19. The lowest BCUT2D eigenvalue weighted by molar-refractivity contribution is -0.383. The summed E-state index contributed by atoms with van der Waals surface area (Å²) in [4.78, 5) is 13.0. The van der Waals surface area contributed by atoms with E-state index in [0.29, 0.717) is 16.5 Å². The van der Waals surface area contributed by atoms with Gasteiger partial charge in [-0.25, -0.2) is 0 Å². The minimum atomic E-state index is -0.700. The molecule has 0 bridgehead atoms. The van der Waals surface area contributed by atoms with Crippen LogP contribution >= 0.6 is 11.3 Å². The number of hydrogen-bond donors (Lipinski definition) is 1. The van der Waals surface area contributed by atoms with E-state index in [1.54, 1.807) is 26.0 Å². The Kier molecular flexibility index (Phi) is 5.06. The number of methoxy groups -OCH3 is 1. The Balaban J connectivity index is 3.09. The zero-order valence-electron chi connectivity index (χ0n) is 10.9. The van der Waals surface area contributed by atoms with E-state index in [-0.39, 0.29) is 11.7 Å². The summed E-state index contributed by atoms with van der Waals surface area (Å²) in [5.74, 6) is 0. The molecular weight excluding hydrogens is 256 g/mol. The molecule has 1 rings (SSSR count). The Morgan fingerprint density at radius 3 is 2.67 bits per heavy atom. The van der Waals surface area contributed by atoms with Crippen molar-refractivity contribution < 1.29 is 14.8 Å². The van der Waals surface area contributed by atoms with Crippen molar-refractivity contribution in [2.24, 2.45) is 0 Å². The molecule has 6 nitrogen and oxygen atoms in total. The smallest absolute Gasteiger partial charge is 0.304 e. The summed E-state index contributed by atoms with van der Waals surface area (Å²) in [5, 5.41) is 21.1. The molecule has 18 heavy (non-hydrogen) atoms. The van der Waals surface area contributed by atoms with Crippen LogP contribution in [0.15, 0.2) is 6.07 Å². The summed E-state index contributed by atoms with van der Waals surface area (Å²) in [6.45, 7) is 4.00. The molecule has 1 aromatic heterocycles. The first kappa shape index (κ1) is 14.9. The average molecular weight is 274 g/mol. The van der Waals surface area contributed by atoms with Gasteiger partial charge >= 0.3 is 5.69 Å². The summed E-state index contributed by atoms with van der Waals surface area (Å²) in [6.07, 6.45) is -0.700. The number of aliphatic hydroxyl groups is 1. The number of likely N-dealkylation sites (N-methyl/N-ethyl adjacent to an activating group) is 1. The van der Waals surface area contributed by atoms with Crippen LogP contribution in [0.3, 0.4) is 0 Å². The summed E-state index contributed by atoms with van der Waals surface area (Å²) in [7, 11) is 3.38. The van der Waals surface area contributed by atoms with Crippen molar-refractivity contribution in [2.45, 2.75) is 26.0 Å². The molecule has 0 aliphatic rings. The molecule has 1 aromatic rings. The van der Waals surface area contributed by atoms with Gasteiger partial charge in [-0.1, -0.05) is 0 Å². The quantitative estimate of drug-likeness (QED) is 0.635. The molecule has 0 radical (unpaired) electrons. The minimum absolute atomic E-state index is 0.0224. The van der Waals surface area contributed by atoms with Crippen LogP contribution in [0.5, 0.6) is 0 Å². The molecule has 102 valence electrons. The van der Waals surface area contributed by atoms with E-state index < -0.39 is 11.0 Å². The van der Waals surface area contributed by atoms with Gasteiger partial charge in [0, 0.05) is 25.1 Å². The molecule has 7 heteroatoms. The maximum absolute atomic E-state index is 11.0. The highest BCUT2D eigenvalue weighted by Crippen LogP contribution is 2.40. The van der Waals surface area contributed by atoms with Gasteiger partial charge in [0.25, 0.3) is 0 Å². The summed E-state index contributed by atoms with van der Waals surface area (Å²) >= 11 is 1.24. The normalized spacial score (nSPS) is 14.3. The van der Waals surface area contributed by atoms with Crippen molar-refractivity contribution in [2.75, 3.05) is 25.7 Å². The maximum atomic E-state index is 11.0. The van der Waals surface area contributed by atoms with Crippen LogP contribution in [0.4, 0.5) is 10.7 Å². The van der Waals surface area contributed by atoms with Crippen molar-refractivity contribution in [1.82, 2.24) is 0 Å². The van der Waals surface area contributed by atoms with Gasteiger partial charge in [0.15, 0.2) is 5.00 Å². The minimum Gasteiger partial charge on any atom is -0.388 e. The van der Waals surface area contributed by atoms with Crippen LogP contribution in [-0.2, 0) is 4.74 Å². The van der Waals surface area contributed by atoms with E-state index in [2.05, 4.69) is 0 Å². The van der Waals surface area contributed by atoms with Gasteiger partial charge in [0.1, 0.15) is 0 Å². The monoisotopic (exact) mass is 274 g/mol. The molecule has 0 fully saturated rings. The van der Waals surface area contributed by atoms with Gasteiger partial charge in [-0.15, -0.1) is 11.3 Å². The molecular formula is C11H18N2O4S. The Morgan fingerprint density at radius 2 is 2.22 bits per heavy atom. The number of rotatable bonds is 6. The lowest BCUT2D eigenvalue weighted by Gasteiger charge is -2.24. The first-order chi connectivity index (χ1) is 8.38. The molecule has 1 heterocycles. The number of hydrogen-bond acceptors (Lipinski definition) is 6. The van der Waals surface area contributed by atoms with Crippen molar-refractivity contribution in [3.8, 4) is 0 Å². The molecule has 0 saturated carbocycles. The van der Waals surface area contributed by atoms with Crippen LogP contribution in [0.2, 0.25) is 0 Å². The zero-order valence-corrected chi connectivity index (χ0v) is 11.7. The molecule has 2 atom stereocenters. The van der Waals surface area contributed by atoms with Crippen molar-refractivity contribution in [1.29, 1.82) is 0 Å². The van der Waals surface area contributed by atoms with Crippen molar-refractivity contribution in [3.63, 3.8) is 0 Å². The van der Waals surface area contributed by atoms with Crippen LogP contribution in [0.25, 0.3) is 0 Å². The third-order valence-electron chi connectivity index (χ3n) is 2.71. The highest BCUT2D eigenvalue weighted by Gasteiger charge is 2.25. The number of anilines is 1. The van der Waals surface area contributed by atoms with E-state index in [1.165, 1.54) is 17.4 Å². The maximum Gasteiger partial charge on any atom is 0.304 e.